The summed E-state index contributed by atoms with van der Waals surface area (Å²) in [7, 11) is 0. The number of nitrogens with one attached hydrogen (secondary N) is 2. The van der Waals surface area contributed by atoms with Gasteiger partial charge in [0.2, 0.25) is 0 Å². The van der Waals surface area contributed by atoms with E-state index in [1.807, 2.05) is 30.3 Å². The van der Waals surface area contributed by atoms with E-state index in [1.54, 1.807) is 10.9 Å². The smallest absolute Gasteiger partial charge is 0.168 e. The lowest BCUT2D eigenvalue weighted by Gasteiger charge is -2.15. The highest BCUT2D eigenvalue weighted by molar-refractivity contribution is 9.10. The second kappa shape index (κ2) is 7.76. The molecule has 0 fully saturated rings. The number of halogens is 3. The summed E-state index contributed by atoms with van der Waals surface area (Å²) in [4.78, 5) is 3.02. The van der Waals surface area contributed by atoms with Gasteiger partial charge in [0.15, 0.2) is 11.6 Å². The zero-order chi connectivity index (χ0) is 22.4. The quantitative estimate of drug-likeness (QED) is 0.216. The molecule has 4 N–H and O–H groups in total. The molecule has 0 unspecified atom stereocenters. The van der Waals surface area contributed by atoms with Gasteiger partial charge in [-0.05, 0) is 46.3 Å². The van der Waals surface area contributed by atoms with E-state index in [2.05, 4.69) is 26.0 Å². The van der Waals surface area contributed by atoms with Crippen molar-refractivity contribution in [2.45, 2.75) is 6.54 Å². The van der Waals surface area contributed by atoms with Crippen molar-refractivity contribution >= 4 is 43.6 Å². The van der Waals surface area contributed by atoms with E-state index in [4.69, 9.17) is 15.9 Å². The van der Waals surface area contributed by atoms with Crippen molar-refractivity contribution in [2.75, 3.05) is 0 Å². The van der Waals surface area contributed by atoms with E-state index in [0.717, 1.165) is 22.4 Å². The number of rotatable bonds is 5. The van der Waals surface area contributed by atoms with Crippen molar-refractivity contribution in [3.8, 4) is 11.5 Å². The number of aromatic nitrogens is 3. The number of hydrogen-bond acceptors (Lipinski definition) is 3. The fourth-order valence-corrected chi connectivity index (χ4v) is 4.27. The number of fused-ring (bicyclic) bond motifs is 2. The number of aromatic amines is 1. The van der Waals surface area contributed by atoms with E-state index < -0.39 is 17.5 Å². The predicted molar refractivity (Wildman–Crippen MR) is 122 cm³/mol. The van der Waals surface area contributed by atoms with Gasteiger partial charge in [-0.2, -0.15) is 5.10 Å². The Hall–Kier alpha value is -3.72. The number of ether oxygens (including phenoxy) is 1. The molecule has 5 rings (SSSR count). The molecule has 0 atom stereocenters. The monoisotopic (exact) mass is 495 g/mol. The van der Waals surface area contributed by atoms with Gasteiger partial charge in [-0.3, -0.25) is 10.1 Å². The number of nitrogen functional groups attached to an aromatic ring is 1. The fourth-order valence-electron chi connectivity index (χ4n) is 3.74. The molecular formula is C23H16BrF2N5O. The van der Waals surface area contributed by atoms with Crippen LogP contribution < -0.4 is 10.5 Å². The highest BCUT2D eigenvalue weighted by Gasteiger charge is 2.20. The van der Waals surface area contributed by atoms with Crippen LogP contribution in [0.1, 0.15) is 11.1 Å². The van der Waals surface area contributed by atoms with Gasteiger partial charge in [-0.25, -0.2) is 8.78 Å². The first-order chi connectivity index (χ1) is 15.4. The lowest BCUT2D eigenvalue weighted by Crippen LogP contribution is -2.13. The van der Waals surface area contributed by atoms with Crippen LogP contribution in [0.5, 0.6) is 11.5 Å². The average molecular weight is 496 g/mol. The van der Waals surface area contributed by atoms with E-state index in [-0.39, 0.29) is 23.6 Å². The highest BCUT2D eigenvalue weighted by Crippen LogP contribution is 2.36. The lowest BCUT2D eigenvalue weighted by molar-refractivity contribution is 0.434. The fraction of sp³-hybridized carbons (Fsp3) is 0.0435. The molecule has 0 aliphatic rings. The molecule has 0 amide bonds. The van der Waals surface area contributed by atoms with Crippen LogP contribution in [0, 0.1) is 17.0 Å². The molecule has 3 aromatic carbocycles. The summed E-state index contributed by atoms with van der Waals surface area (Å²) < 4.78 is 37.5. The van der Waals surface area contributed by atoms with E-state index in [0.29, 0.717) is 15.7 Å². The van der Waals surface area contributed by atoms with Crippen molar-refractivity contribution in [3.05, 3.63) is 88.2 Å². The van der Waals surface area contributed by atoms with Gasteiger partial charge in [-0.1, -0.05) is 18.2 Å². The maximum Gasteiger partial charge on any atom is 0.168 e. The number of H-pyrrole nitrogens is 1. The van der Waals surface area contributed by atoms with Crippen molar-refractivity contribution in [1.82, 2.24) is 14.8 Å². The Balaban J connectivity index is 1.65. The number of para-hydroxylation sites is 1. The summed E-state index contributed by atoms with van der Waals surface area (Å²) in [6.07, 6.45) is 1.72. The van der Waals surface area contributed by atoms with Crippen LogP contribution in [-0.2, 0) is 6.54 Å². The molecule has 0 aliphatic carbocycles. The van der Waals surface area contributed by atoms with Gasteiger partial charge in [0.25, 0.3) is 0 Å². The largest absolute Gasteiger partial charge is 0.454 e. The van der Waals surface area contributed by atoms with Crippen molar-refractivity contribution in [3.63, 3.8) is 0 Å². The topological polar surface area (TPSA) is 92.7 Å². The predicted octanol–water partition coefficient (Wildman–Crippen LogP) is 5.68. The summed E-state index contributed by atoms with van der Waals surface area (Å²) in [6, 6.07) is 14.7. The Morgan fingerprint density at radius 3 is 2.72 bits per heavy atom. The van der Waals surface area contributed by atoms with Crippen LogP contribution in [0.25, 0.3) is 21.8 Å². The third-order valence-electron chi connectivity index (χ3n) is 5.23. The molecular weight excluding hydrogens is 480 g/mol. The van der Waals surface area contributed by atoms with Gasteiger partial charge in [0.05, 0.1) is 17.6 Å². The van der Waals surface area contributed by atoms with Crippen molar-refractivity contribution in [1.29, 1.82) is 5.41 Å². The Morgan fingerprint density at radius 1 is 1.09 bits per heavy atom. The molecule has 0 aliphatic heterocycles. The van der Waals surface area contributed by atoms with Crippen molar-refractivity contribution < 1.29 is 13.5 Å². The molecule has 0 saturated heterocycles. The molecule has 0 spiro atoms. The van der Waals surface area contributed by atoms with Crippen LogP contribution in [0.2, 0.25) is 0 Å². The minimum Gasteiger partial charge on any atom is -0.454 e. The Labute approximate surface area is 189 Å². The van der Waals surface area contributed by atoms with E-state index >= 15 is 4.39 Å². The van der Waals surface area contributed by atoms with Crippen LogP contribution in [0.4, 0.5) is 8.78 Å². The zero-order valence-electron chi connectivity index (χ0n) is 16.5. The van der Waals surface area contributed by atoms with Crippen LogP contribution in [0.3, 0.4) is 0 Å². The first-order valence-electron chi connectivity index (χ1n) is 9.63. The van der Waals surface area contributed by atoms with Gasteiger partial charge in [0, 0.05) is 34.1 Å². The molecule has 6 nitrogen and oxygen atoms in total. The minimum absolute atomic E-state index is 0.00564. The molecule has 9 heteroatoms. The molecule has 2 aromatic heterocycles. The number of nitrogens with two attached hydrogens (primary N) is 1. The van der Waals surface area contributed by atoms with Crippen LogP contribution >= 0.6 is 15.9 Å². The number of hydrogen-bond donors (Lipinski definition) is 3. The summed E-state index contributed by atoms with van der Waals surface area (Å²) in [5.41, 5.74) is 7.39. The molecule has 0 saturated carbocycles. The Morgan fingerprint density at radius 2 is 1.91 bits per heavy atom. The van der Waals surface area contributed by atoms with E-state index in [9.17, 15) is 4.39 Å². The van der Waals surface area contributed by atoms with Crippen molar-refractivity contribution in [2.24, 2.45) is 5.73 Å². The second-order valence-corrected chi connectivity index (χ2v) is 7.98. The molecule has 0 bridgehead atoms. The lowest BCUT2D eigenvalue weighted by atomic mass is 10.1. The molecule has 5 aromatic rings. The summed E-state index contributed by atoms with van der Waals surface area (Å²) >= 11 is 3.48. The number of benzene rings is 3. The third-order valence-corrected chi connectivity index (χ3v) is 5.82. The summed E-state index contributed by atoms with van der Waals surface area (Å²) in [5, 5.41) is 13.8. The van der Waals surface area contributed by atoms with Gasteiger partial charge < -0.3 is 15.5 Å². The van der Waals surface area contributed by atoms with Gasteiger partial charge in [-0.15, -0.1) is 0 Å². The summed E-state index contributed by atoms with van der Waals surface area (Å²) in [6.45, 7) is 0.230. The highest BCUT2D eigenvalue weighted by atomic mass is 79.9. The first kappa shape index (κ1) is 20.2. The number of amidine groups is 1. The summed E-state index contributed by atoms with van der Waals surface area (Å²) in [5.74, 6) is -1.52. The zero-order valence-corrected chi connectivity index (χ0v) is 18.1. The molecule has 2 heterocycles. The Kier molecular flexibility index (Phi) is 4.90. The molecule has 160 valence electrons. The molecule has 0 radical (unpaired) electrons. The third kappa shape index (κ3) is 3.40. The van der Waals surface area contributed by atoms with Gasteiger partial charge >= 0.3 is 0 Å². The molecule has 32 heavy (non-hydrogen) atoms. The SMILES string of the molecule is N=C(N)c1cc(Oc2c(F)cc3[nH]ccc3c2Cn2nc(Br)c3ccccc32)ccc1F. The second-order valence-electron chi connectivity index (χ2n) is 7.23. The average Bonchev–Trinajstić information content (AvgIpc) is 3.36. The maximum atomic E-state index is 15.2. The minimum atomic E-state index is -0.653. The Bertz CT molecular complexity index is 1510. The van der Waals surface area contributed by atoms with Gasteiger partial charge in [0.1, 0.15) is 22.0 Å². The standard InChI is InChI=1S/C23H16BrF2N5O/c24-22-14-3-1-2-4-20(14)31(30-22)11-16-13-7-8-29-19(13)10-18(26)21(16)32-12-5-6-17(25)15(9-12)23(27)28/h1-10,29H,11H2,(H3,27,28). The maximum absolute atomic E-state index is 15.2. The normalized spacial score (nSPS) is 11.3. The van der Waals surface area contributed by atoms with E-state index in [1.165, 1.54) is 18.2 Å². The van der Waals surface area contributed by atoms with Crippen LogP contribution in [-0.4, -0.2) is 20.6 Å². The number of nitrogens with zero attached hydrogens (tertiary/aromatic N) is 2. The van der Waals surface area contributed by atoms with Crippen LogP contribution in [0.15, 0.2) is 65.4 Å². The first-order valence-corrected chi connectivity index (χ1v) is 10.4.